The number of benzene rings is 1. The average molecular weight is 287 g/mol. The lowest BCUT2D eigenvalue weighted by molar-refractivity contribution is 0.564. The fourth-order valence-corrected chi connectivity index (χ4v) is 2.87. The van der Waals surface area contributed by atoms with Crippen LogP contribution >= 0.6 is 0 Å². The maximum absolute atomic E-state index is 5.57. The second-order valence-corrected chi connectivity index (χ2v) is 5.83. The number of aromatic nitrogens is 2. The van der Waals surface area contributed by atoms with E-state index in [0.717, 1.165) is 31.4 Å². The van der Waals surface area contributed by atoms with Crippen molar-refractivity contribution in [1.29, 1.82) is 0 Å². The molecule has 3 nitrogen and oxygen atoms in total. The van der Waals surface area contributed by atoms with Gasteiger partial charge in [-0.05, 0) is 37.9 Å². The summed E-state index contributed by atoms with van der Waals surface area (Å²) in [5, 5.41) is 0. The molecule has 0 radical (unpaired) electrons. The van der Waals surface area contributed by atoms with Crippen LogP contribution in [-0.4, -0.2) is 16.1 Å². The first-order valence-corrected chi connectivity index (χ1v) is 8.51. The SMILES string of the molecule is CCCCCCn1c(CCCCCN)nc2ccccc21. The van der Waals surface area contributed by atoms with Gasteiger partial charge in [-0.15, -0.1) is 0 Å². The van der Waals surface area contributed by atoms with Crippen LogP contribution in [-0.2, 0) is 13.0 Å². The molecule has 21 heavy (non-hydrogen) atoms. The van der Waals surface area contributed by atoms with E-state index in [-0.39, 0.29) is 0 Å². The molecular weight excluding hydrogens is 258 g/mol. The minimum atomic E-state index is 0.799. The van der Waals surface area contributed by atoms with E-state index in [1.807, 2.05) is 0 Å². The van der Waals surface area contributed by atoms with Gasteiger partial charge in [-0.25, -0.2) is 4.98 Å². The Morgan fingerprint density at radius 3 is 2.62 bits per heavy atom. The highest BCUT2D eigenvalue weighted by Crippen LogP contribution is 2.19. The molecule has 0 amide bonds. The Kier molecular flexibility index (Phi) is 6.74. The molecule has 3 heteroatoms. The molecule has 116 valence electrons. The maximum Gasteiger partial charge on any atom is 0.109 e. The van der Waals surface area contributed by atoms with Gasteiger partial charge >= 0.3 is 0 Å². The fraction of sp³-hybridized carbons (Fsp3) is 0.611. The molecule has 0 spiro atoms. The van der Waals surface area contributed by atoms with Crippen molar-refractivity contribution in [2.24, 2.45) is 5.73 Å². The summed E-state index contributed by atoms with van der Waals surface area (Å²) in [6.45, 7) is 4.16. The van der Waals surface area contributed by atoms with Crippen LogP contribution in [0.3, 0.4) is 0 Å². The monoisotopic (exact) mass is 287 g/mol. The molecule has 0 fully saturated rings. The molecule has 0 atom stereocenters. The zero-order valence-electron chi connectivity index (χ0n) is 13.4. The van der Waals surface area contributed by atoms with Gasteiger partial charge in [0.2, 0.25) is 0 Å². The highest BCUT2D eigenvalue weighted by molar-refractivity contribution is 5.75. The number of rotatable bonds is 10. The summed E-state index contributed by atoms with van der Waals surface area (Å²) < 4.78 is 2.44. The van der Waals surface area contributed by atoms with Crippen LogP contribution in [0.4, 0.5) is 0 Å². The summed E-state index contributed by atoms with van der Waals surface area (Å²) in [6.07, 6.45) is 9.78. The van der Waals surface area contributed by atoms with Gasteiger partial charge in [0.15, 0.2) is 0 Å². The van der Waals surface area contributed by atoms with Crippen LogP contribution < -0.4 is 5.73 Å². The van der Waals surface area contributed by atoms with Crippen LogP contribution in [0.15, 0.2) is 24.3 Å². The Hall–Kier alpha value is -1.35. The third-order valence-corrected chi connectivity index (χ3v) is 4.07. The molecule has 0 bridgehead atoms. The molecule has 1 aromatic heterocycles. The lowest BCUT2D eigenvalue weighted by atomic mass is 10.2. The molecular formula is C18H29N3. The first-order chi connectivity index (χ1) is 10.4. The number of aryl methyl sites for hydroxylation is 2. The van der Waals surface area contributed by atoms with Gasteiger partial charge in [0, 0.05) is 13.0 Å². The Morgan fingerprint density at radius 1 is 1.00 bits per heavy atom. The topological polar surface area (TPSA) is 43.8 Å². The average Bonchev–Trinajstić information content (AvgIpc) is 2.86. The number of nitrogens with zero attached hydrogens (tertiary/aromatic N) is 2. The molecule has 0 saturated heterocycles. The zero-order valence-corrected chi connectivity index (χ0v) is 13.4. The van der Waals surface area contributed by atoms with Crippen molar-refractivity contribution in [3.05, 3.63) is 30.1 Å². The summed E-state index contributed by atoms with van der Waals surface area (Å²) in [4.78, 5) is 4.84. The van der Waals surface area contributed by atoms with Crippen molar-refractivity contribution in [2.75, 3.05) is 6.54 Å². The molecule has 0 unspecified atom stereocenters. The van der Waals surface area contributed by atoms with Crippen LogP contribution in [0.2, 0.25) is 0 Å². The molecule has 0 aliphatic carbocycles. The summed E-state index contributed by atoms with van der Waals surface area (Å²) in [5.41, 5.74) is 8.01. The normalized spacial score (nSPS) is 11.3. The smallest absolute Gasteiger partial charge is 0.109 e. The van der Waals surface area contributed by atoms with Gasteiger partial charge in [0.05, 0.1) is 11.0 Å². The van der Waals surface area contributed by atoms with Crippen molar-refractivity contribution in [1.82, 2.24) is 9.55 Å². The van der Waals surface area contributed by atoms with E-state index in [0.29, 0.717) is 0 Å². The van der Waals surface area contributed by atoms with E-state index < -0.39 is 0 Å². The number of para-hydroxylation sites is 2. The molecule has 2 N–H and O–H groups in total. The molecule has 1 heterocycles. The van der Waals surface area contributed by atoms with Crippen LogP contribution in [0.25, 0.3) is 11.0 Å². The number of unbranched alkanes of at least 4 members (excludes halogenated alkanes) is 5. The quantitative estimate of drug-likeness (QED) is 0.662. The summed E-state index contributed by atoms with van der Waals surface area (Å²) in [5.74, 6) is 1.25. The van der Waals surface area contributed by atoms with E-state index in [4.69, 9.17) is 10.7 Å². The lowest BCUT2D eigenvalue weighted by Crippen LogP contribution is -2.05. The van der Waals surface area contributed by atoms with Gasteiger partial charge in [-0.1, -0.05) is 44.7 Å². The van der Waals surface area contributed by atoms with Crippen molar-refractivity contribution >= 4 is 11.0 Å². The maximum atomic E-state index is 5.57. The minimum absolute atomic E-state index is 0.799. The van der Waals surface area contributed by atoms with E-state index in [2.05, 4.69) is 35.8 Å². The number of imidazole rings is 1. The third-order valence-electron chi connectivity index (χ3n) is 4.07. The molecule has 0 saturated carbocycles. The van der Waals surface area contributed by atoms with E-state index in [1.165, 1.54) is 49.9 Å². The predicted octanol–water partition coefficient (Wildman–Crippen LogP) is 4.29. The van der Waals surface area contributed by atoms with E-state index in [1.54, 1.807) is 0 Å². The number of nitrogens with two attached hydrogens (primary N) is 1. The van der Waals surface area contributed by atoms with Crippen molar-refractivity contribution < 1.29 is 0 Å². The second kappa shape index (κ2) is 8.83. The molecule has 0 aliphatic heterocycles. The van der Waals surface area contributed by atoms with E-state index in [9.17, 15) is 0 Å². The van der Waals surface area contributed by atoms with Crippen LogP contribution in [0.5, 0.6) is 0 Å². The summed E-state index contributed by atoms with van der Waals surface area (Å²) >= 11 is 0. The summed E-state index contributed by atoms with van der Waals surface area (Å²) in [7, 11) is 0. The highest BCUT2D eigenvalue weighted by atomic mass is 15.1. The van der Waals surface area contributed by atoms with Gasteiger partial charge in [-0.2, -0.15) is 0 Å². The first-order valence-electron chi connectivity index (χ1n) is 8.51. The van der Waals surface area contributed by atoms with Crippen molar-refractivity contribution in [2.45, 2.75) is 64.8 Å². The molecule has 0 aliphatic rings. The predicted molar refractivity (Wildman–Crippen MR) is 90.5 cm³/mol. The number of fused-ring (bicyclic) bond motifs is 1. The minimum Gasteiger partial charge on any atom is -0.330 e. The van der Waals surface area contributed by atoms with Gasteiger partial charge in [0.1, 0.15) is 5.82 Å². The van der Waals surface area contributed by atoms with Crippen molar-refractivity contribution in [3.8, 4) is 0 Å². The van der Waals surface area contributed by atoms with E-state index >= 15 is 0 Å². The summed E-state index contributed by atoms with van der Waals surface area (Å²) in [6, 6.07) is 8.52. The second-order valence-electron chi connectivity index (χ2n) is 5.83. The number of hydrogen-bond acceptors (Lipinski definition) is 2. The lowest BCUT2D eigenvalue weighted by Gasteiger charge is -2.09. The van der Waals surface area contributed by atoms with Crippen LogP contribution in [0, 0.1) is 0 Å². The standard InChI is InChI=1S/C18H29N3/c1-2-3-4-10-15-21-17-12-8-7-11-16(17)20-18(21)13-6-5-9-14-19/h7-8,11-12H,2-6,9-10,13-15,19H2,1H3. The Labute approximate surface area is 128 Å². The third kappa shape index (κ3) is 4.57. The Morgan fingerprint density at radius 2 is 1.81 bits per heavy atom. The Balaban J connectivity index is 2.06. The van der Waals surface area contributed by atoms with Gasteiger partial charge < -0.3 is 10.3 Å². The zero-order chi connectivity index (χ0) is 14.9. The molecule has 1 aromatic carbocycles. The number of hydrogen-bond donors (Lipinski definition) is 1. The Bertz CT molecular complexity index is 530. The fourth-order valence-electron chi connectivity index (χ4n) is 2.87. The molecule has 2 rings (SSSR count). The molecule has 2 aromatic rings. The van der Waals surface area contributed by atoms with Gasteiger partial charge in [-0.3, -0.25) is 0 Å². The van der Waals surface area contributed by atoms with Gasteiger partial charge in [0.25, 0.3) is 0 Å². The van der Waals surface area contributed by atoms with Crippen molar-refractivity contribution in [3.63, 3.8) is 0 Å². The first kappa shape index (κ1) is 16.0. The van der Waals surface area contributed by atoms with Crippen LogP contribution in [0.1, 0.15) is 57.7 Å². The largest absolute Gasteiger partial charge is 0.330 e. The highest BCUT2D eigenvalue weighted by Gasteiger charge is 2.09.